The van der Waals surface area contributed by atoms with Crippen LogP contribution in [-0.2, 0) is 6.54 Å². The molecule has 6 nitrogen and oxygen atoms in total. The largest absolute Gasteiger partial charge is 0.299 e. The number of nitro benzene ring substituents is 1. The minimum absolute atomic E-state index is 0.0740. The zero-order chi connectivity index (χ0) is 20.9. The third-order valence-corrected chi connectivity index (χ3v) is 5.52. The maximum atomic E-state index is 12.6. The molecular weight excluding hydrogens is 366 g/mol. The van der Waals surface area contributed by atoms with Gasteiger partial charge in [0, 0.05) is 18.7 Å². The molecule has 2 aromatic rings. The van der Waals surface area contributed by atoms with Gasteiger partial charge in [-0.1, -0.05) is 84.0 Å². The summed E-state index contributed by atoms with van der Waals surface area (Å²) >= 11 is 0. The monoisotopic (exact) mass is 401 g/mol. The van der Waals surface area contributed by atoms with Gasteiger partial charge in [0.25, 0.3) is 11.2 Å². The van der Waals surface area contributed by atoms with Crippen LogP contribution in [0.2, 0.25) is 0 Å². The lowest BCUT2D eigenvalue weighted by Crippen LogP contribution is -2.20. The minimum Gasteiger partial charge on any atom is -0.299 e. The van der Waals surface area contributed by atoms with E-state index in [-0.39, 0.29) is 11.2 Å². The van der Waals surface area contributed by atoms with Gasteiger partial charge in [0.2, 0.25) is 0 Å². The van der Waals surface area contributed by atoms with Crippen LogP contribution < -0.4 is 5.56 Å². The van der Waals surface area contributed by atoms with Crippen molar-refractivity contribution in [2.75, 3.05) is 0 Å². The number of fused-ring (bicyclic) bond motifs is 1. The highest BCUT2D eigenvalue weighted by atomic mass is 16.6. The number of non-ortho nitro benzene ring substituents is 1. The van der Waals surface area contributed by atoms with Crippen molar-refractivity contribution in [2.24, 2.45) is 0 Å². The van der Waals surface area contributed by atoms with E-state index in [1.165, 1.54) is 88.8 Å². The van der Waals surface area contributed by atoms with Crippen LogP contribution in [0.25, 0.3) is 10.9 Å². The Labute approximate surface area is 173 Å². The van der Waals surface area contributed by atoms with Crippen molar-refractivity contribution in [3.05, 3.63) is 45.0 Å². The molecule has 0 radical (unpaired) electrons. The van der Waals surface area contributed by atoms with Gasteiger partial charge in [-0.05, 0) is 12.5 Å². The Morgan fingerprint density at radius 3 is 2.00 bits per heavy atom. The maximum absolute atomic E-state index is 12.6. The van der Waals surface area contributed by atoms with Crippen molar-refractivity contribution in [1.29, 1.82) is 0 Å². The molecule has 1 heterocycles. The van der Waals surface area contributed by atoms with E-state index in [4.69, 9.17) is 0 Å². The average Bonchev–Trinajstić information content (AvgIpc) is 2.72. The van der Waals surface area contributed by atoms with E-state index in [0.29, 0.717) is 17.4 Å². The van der Waals surface area contributed by atoms with E-state index in [1.807, 2.05) is 0 Å². The molecule has 1 aromatic heterocycles. The fourth-order valence-electron chi connectivity index (χ4n) is 3.72. The summed E-state index contributed by atoms with van der Waals surface area (Å²) in [6.07, 6.45) is 18.3. The van der Waals surface area contributed by atoms with Gasteiger partial charge < -0.3 is 0 Å². The molecule has 0 fully saturated rings. The third-order valence-electron chi connectivity index (χ3n) is 5.52. The zero-order valence-electron chi connectivity index (χ0n) is 17.8. The standard InChI is InChI=1S/C23H35N3O3/c1-2-3-4-5-6-7-8-9-10-11-12-13-14-17-25-19-24-22-16-15-20(26(28)29)18-21(22)23(25)27/h15-16,18-19H,2-14,17H2,1H3. The second-order valence-electron chi connectivity index (χ2n) is 7.94. The second-order valence-corrected chi connectivity index (χ2v) is 7.94. The number of aryl methyl sites for hydroxylation is 1. The molecule has 0 aliphatic heterocycles. The number of nitro groups is 1. The van der Waals surface area contributed by atoms with Gasteiger partial charge in [0.05, 0.1) is 22.2 Å². The third kappa shape index (κ3) is 7.95. The molecule has 0 bridgehead atoms. The number of rotatable bonds is 15. The summed E-state index contributed by atoms with van der Waals surface area (Å²) in [6, 6.07) is 4.24. The molecule has 0 saturated heterocycles. The van der Waals surface area contributed by atoms with Gasteiger partial charge in [0.15, 0.2) is 0 Å². The highest BCUT2D eigenvalue weighted by molar-refractivity contribution is 5.79. The summed E-state index contributed by atoms with van der Waals surface area (Å²) in [5, 5.41) is 11.2. The molecule has 0 aliphatic rings. The molecule has 29 heavy (non-hydrogen) atoms. The van der Waals surface area contributed by atoms with Crippen molar-refractivity contribution in [3.8, 4) is 0 Å². The van der Waals surface area contributed by atoms with Gasteiger partial charge in [-0.2, -0.15) is 0 Å². The van der Waals surface area contributed by atoms with E-state index >= 15 is 0 Å². The molecule has 6 heteroatoms. The summed E-state index contributed by atoms with van der Waals surface area (Å²) in [4.78, 5) is 27.3. The fraction of sp³-hybridized carbons (Fsp3) is 0.652. The fourth-order valence-corrected chi connectivity index (χ4v) is 3.72. The number of benzene rings is 1. The van der Waals surface area contributed by atoms with Crippen molar-refractivity contribution < 1.29 is 4.92 Å². The lowest BCUT2D eigenvalue weighted by atomic mass is 10.0. The van der Waals surface area contributed by atoms with E-state index in [0.717, 1.165) is 12.8 Å². The highest BCUT2D eigenvalue weighted by Crippen LogP contribution is 2.16. The highest BCUT2D eigenvalue weighted by Gasteiger charge is 2.10. The molecule has 1 aromatic carbocycles. The summed E-state index contributed by atoms with van der Waals surface area (Å²) in [7, 11) is 0. The normalized spacial score (nSPS) is 11.2. The van der Waals surface area contributed by atoms with Crippen molar-refractivity contribution in [3.63, 3.8) is 0 Å². The smallest absolute Gasteiger partial charge is 0.270 e. The Balaban J connectivity index is 1.62. The first-order chi connectivity index (χ1) is 14.1. The summed E-state index contributed by atoms with van der Waals surface area (Å²) in [6.45, 7) is 2.87. The van der Waals surface area contributed by atoms with Crippen LogP contribution in [0.15, 0.2) is 29.3 Å². The quantitative estimate of drug-likeness (QED) is 0.197. The molecule has 0 spiro atoms. The Kier molecular flexibility index (Phi) is 10.4. The molecule has 0 aliphatic carbocycles. The molecule has 0 unspecified atom stereocenters. The van der Waals surface area contributed by atoms with Crippen molar-refractivity contribution in [2.45, 2.75) is 96.9 Å². The van der Waals surface area contributed by atoms with Crippen LogP contribution in [0.5, 0.6) is 0 Å². The minimum atomic E-state index is -0.483. The van der Waals surface area contributed by atoms with Gasteiger partial charge in [-0.15, -0.1) is 0 Å². The summed E-state index contributed by atoms with van der Waals surface area (Å²) in [5.74, 6) is 0. The van der Waals surface area contributed by atoms with E-state index in [9.17, 15) is 14.9 Å². The zero-order valence-corrected chi connectivity index (χ0v) is 17.8. The predicted octanol–water partition coefficient (Wildman–Crippen LogP) is 6.40. The summed E-state index contributed by atoms with van der Waals surface area (Å²) < 4.78 is 1.57. The number of nitrogens with zero attached hydrogens (tertiary/aromatic N) is 3. The molecule has 2 rings (SSSR count). The Bertz CT molecular complexity index is 817. The predicted molar refractivity (Wildman–Crippen MR) is 118 cm³/mol. The first kappa shape index (κ1) is 23.0. The Hall–Kier alpha value is -2.24. The summed E-state index contributed by atoms with van der Waals surface area (Å²) in [5.41, 5.74) is 0.231. The van der Waals surface area contributed by atoms with Gasteiger partial charge in [-0.25, -0.2) is 4.98 Å². The SMILES string of the molecule is CCCCCCCCCCCCCCCn1cnc2ccc([N+](=O)[O-])cc2c1=O. The number of hydrogen-bond acceptors (Lipinski definition) is 4. The lowest BCUT2D eigenvalue weighted by Gasteiger charge is -2.07. The molecule has 0 amide bonds. The van der Waals surface area contributed by atoms with Crippen LogP contribution in [0, 0.1) is 10.1 Å². The van der Waals surface area contributed by atoms with Crippen LogP contribution in [0.4, 0.5) is 5.69 Å². The second kappa shape index (κ2) is 13.1. The van der Waals surface area contributed by atoms with E-state index in [2.05, 4.69) is 11.9 Å². The number of unbranched alkanes of at least 4 members (excludes halogenated alkanes) is 12. The van der Waals surface area contributed by atoms with Crippen LogP contribution in [-0.4, -0.2) is 14.5 Å². The van der Waals surface area contributed by atoms with E-state index in [1.54, 1.807) is 10.9 Å². The average molecular weight is 402 g/mol. The Morgan fingerprint density at radius 2 is 1.45 bits per heavy atom. The molecule has 160 valence electrons. The van der Waals surface area contributed by atoms with Gasteiger partial charge in [0.1, 0.15) is 0 Å². The first-order valence-electron chi connectivity index (χ1n) is 11.3. The maximum Gasteiger partial charge on any atom is 0.270 e. The topological polar surface area (TPSA) is 78.0 Å². The molecule has 0 atom stereocenters. The molecular formula is C23H35N3O3. The van der Waals surface area contributed by atoms with Crippen molar-refractivity contribution in [1.82, 2.24) is 9.55 Å². The molecule has 0 N–H and O–H groups in total. The number of hydrogen-bond donors (Lipinski definition) is 0. The van der Waals surface area contributed by atoms with Crippen LogP contribution in [0.3, 0.4) is 0 Å². The van der Waals surface area contributed by atoms with E-state index < -0.39 is 4.92 Å². The van der Waals surface area contributed by atoms with Crippen LogP contribution >= 0.6 is 0 Å². The first-order valence-corrected chi connectivity index (χ1v) is 11.3. The molecule has 0 saturated carbocycles. The van der Waals surface area contributed by atoms with Gasteiger partial charge in [-0.3, -0.25) is 19.5 Å². The van der Waals surface area contributed by atoms with Crippen LogP contribution in [0.1, 0.15) is 90.4 Å². The number of aromatic nitrogens is 2. The van der Waals surface area contributed by atoms with Gasteiger partial charge >= 0.3 is 0 Å². The Morgan fingerprint density at radius 1 is 0.897 bits per heavy atom. The van der Waals surface area contributed by atoms with Crippen molar-refractivity contribution >= 4 is 16.6 Å². The lowest BCUT2D eigenvalue weighted by molar-refractivity contribution is -0.384.